The molecule has 7 nitrogen and oxygen atoms in total. The van der Waals surface area contributed by atoms with Gasteiger partial charge in [0.1, 0.15) is 11.5 Å². The zero-order valence-electron chi connectivity index (χ0n) is 15.7. The third-order valence-corrected chi connectivity index (χ3v) is 5.12. The van der Waals surface area contributed by atoms with Crippen LogP contribution < -0.4 is 21.9 Å². The van der Waals surface area contributed by atoms with Crippen LogP contribution in [0.3, 0.4) is 0 Å². The summed E-state index contributed by atoms with van der Waals surface area (Å²) in [6.45, 7) is 5.89. The second kappa shape index (κ2) is 9.08. The van der Waals surface area contributed by atoms with Crippen molar-refractivity contribution >= 4 is 11.5 Å². The fourth-order valence-corrected chi connectivity index (χ4v) is 3.47. The maximum absolute atomic E-state index is 12.2. The number of hydrogen-bond donors (Lipinski definition) is 2. The molecule has 1 aromatic heterocycles. The Balaban J connectivity index is 2.04. The zero-order chi connectivity index (χ0) is 18.4. The first-order valence-corrected chi connectivity index (χ1v) is 9.41. The quantitative estimate of drug-likeness (QED) is 0.746. The molecule has 0 amide bonds. The normalized spacial score (nSPS) is 20.6. The number of hydrogen-bond acceptors (Lipinski definition) is 5. The van der Waals surface area contributed by atoms with E-state index in [0.29, 0.717) is 37.4 Å². The molecule has 0 spiro atoms. The molecule has 0 bridgehead atoms. The molecule has 0 aromatic carbocycles. The molecule has 1 aliphatic rings. The van der Waals surface area contributed by atoms with E-state index in [1.54, 1.807) is 4.90 Å². The van der Waals surface area contributed by atoms with Gasteiger partial charge >= 0.3 is 5.69 Å². The van der Waals surface area contributed by atoms with Crippen molar-refractivity contribution in [2.45, 2.75) is 65.0 Å². The molecule has 1 fully saturated rings. The summed E-state index contributed by atoms with van der Waals surface area (Å²) in [6.07, 6.45) is 6.92. The summed E-state index contributed by atoms with van der Waals surface area (Å²) in [5.74, 6) is 0.819. The fourth-order valence-electron chi connectivity index (χ4n) is 3.47. The van der Waals surface area contributed by atoms with E-state index in [1.807, 2.05) is 14.0 Å². The van der Waals surface area contributed by atoms with Crippen LogP contribution >= 0.6 is 0 Å². The highest BCUT2D eigenvalue weighted by atomic mass is 16.5. The van der Waals surface area contributed by atoms with E-state index in [1.165, 1.54) is 23.8 Å². The van der Waals surface area contributed by atoms with Gasteiger partial charge < -0.3 is 15.4 Å². The largest absolute Gasteiger partial charge is 0.383 e. The van der Waals surface area contributed by atoms with E-state index in [-0.39, 0.29) is 5.82 Å². The predicted octanol–water partition coefficient (Wildman–Crippen LogP) is 1.95. The van der Waals surface area contributed by atoms with Crippen LogP contribution in [0, 0.1) is 5.92 Å². The van der Waals surface area contributed by atoms with Crippen LogP contribution in [0.4, 0.5) is 11.5 Å². The summed E-state index contributed by atoms with van der Waals surface area (Å²) in [4.78, 5) is 28.4. The first-order chi connectivity index (χ1) is 12.0. The summed E-state index contributed by atoms with van der Waals surface area (Å²) in [5.41, 5.74) is 5.58. The van der Waals surface area contributed by atoms with Gasteiger partial charge in [-0.15, -0.1) is 0 Å². The van der Waals surface area contributed by atoms with Gasteiger partial charge in [-0.2, -0.15) is 0 Å². The molecule has 1 aromatic rings. The molecule has 142 valence electrons. The molecular formula is C18H32N4O3. The number of nitrogens with one attached hydrogen (secondary N) is 1. The van der Waals surface area contributed by atoms with Gasteiger partial charge in [-0.1, -0.05) is 33.1 Å². The van der Waals surface area contributed by atoms with Crippen molar-refractivity contribution < 1.29 is 4.74 Å². The lowest BCUT2D eigenvalue weighted by Crippen LogP contribution is -2.38. The molecule has 1 aliphatic carbocycles. The molecule has 3 N–H and O–H groups in total. The molecule has 0 aliphatic heterocycles. The van der Waals surface area contributed by atoms with Crippen LogP contribution in [-0.4, -0.2) is 35.9 Å². The Kier molecular flexibility index (Phi) is 7.11. The summed E-state index contributed by atoms with van der Waals surface area (Å²) in [6, 6.07) is 0. The van der Waals surface area contributed by atoms with E-state index in [0.717, 1.165) is 19.3 Å². The molecule has 2 unspecified atom stereocenters. The molecule has 7 heteroatoms. The number of nitrogens with zero attached hydrogens (tertiary/aromatic N) is 2. The SMILES string of the molecule is CCCCn1c(N)c(N(C)CCOC2CCCCC2C)c(=O)[nH]c1=O. The predicted molar refractivity (Wildman–Crippen MR) is 101 cm³/mol. The Labute approximate surface area is 149 Å². The highest BCUT2D eigenvalue weighted by Gasteiger charge is 2.22. The van der Waals surface area contributed by atoms with Gasteiger partial charge in [-0.3, -0.25) is 14.3 Å². The van der Waals surface area contributed by atoms with Crippen LogP contribution in [0.2, 0.25) is 0 Å². The smallest absolute Gasteiger partial charge is 0.330 e. The minimum Gasteiger partial charge on any atom is -0.383 e. The second-order valence-corrected chi connectivity index (χ2v) is 7.09. The monoisotopic (exact) mass is 352 g/mol. The standard InChI is InChI=1S/C18H32N4O3/c1-4-5-10-22-16(19)15(17(23)20-18(22)24)21(3)11-12-25-14-9-7-6-8-13(14)2/h13-14H,4-12,19H2,1-3H3,(H,20,23,24). The molecule has 2 atom stereocenters. The van der Waals surface area contributed by atoms with E-state index in [4.69, 9.17) is 10.5 Å². The first kappa shape index (κ1) is 19.6. The van der Waals surface area contributed by atoms with Crippen molar-refractivity contribution in [1.29, 1.82) is 0 Å². The van der Waals surface area contributed by atoms with Gasteiger partial charge in [0.05, 0.1) is 12.7 Å². The maximum Gasteiger partial charge on any atom is 0.330 e. The van der Waals surface area contributed by atoms with Gasteiger partial charge in [0, 0.05) is 20.1 Å². The van der Waals surface area contributed by atoms with Crippen molar-refractivity contribution in [2.75, 3.05) is 30.8 Å². The fraction of sp³-hybridized carbons (Fsp3) is 0.778. The Morgan fingerprint density at radius 2 is 2.04 bits per heavy atom. The average Bonchev–Trinajstić information content (AvgIpc) is 2.56. The molecule has 1 saturated carbocycles. The minimum atomic E-state index is -0.444. The van der Waals surface area contributed by atoms with E-state index >= 15 is 0 Å². The van der Waals surface area contributed by atoms with Crippen molar-refractivity contribution in [1.82, 2.24) is 9.55 Å². The van der Waals surface area contributed by atoms with Gasteiger partial charge in [0.25, 0.3) is 5.56 Å². The van der Waals surface area contributed by atoms with Crippen molar-refractivity contribution in [2.24, 2.45) is 5.92 Å². The number of aromatic nitrogens is 2. The number of rotatable bonds is 8. The summed E-state index contributed by atoms with van der Waals surface area (Å²) < 4.78 is 7.47. The van der Waals surface area contributed by atoms with Crippen molar-refractivity contribution in [3.63, 3.8) is 0 Å². The summed E-state index contributed by atoms with van der Waals surface area (Å²) in [7, 11) is 1.81. The van der Waals surface area contributed by atoms with Gasteiger partial charge in [0.15, 0.2) is 0 Å². The highest BCUT2D eigenvalue weighted by molar-refractivity contribution is 5.61. The summed E-state index contributed by atoms with van der Waals surface area (Å²) >= 11 is 0. The molecule has 1 heterocycles. The molecular weight excluding hydrogens is 320 g/mol. The third kappa shape index (κ3) is 4.87. The number of ether oxygens (including phenoxy) is 1. The van der Waals surface area contributed by atoms with E-state index in [2.05, 4.69) is 11.9 Å². The lowest BCUT2D eigenvalue weighted by molar-refractivity contribution is -0.00104. The minimum absolute atomic E-state index is 0.232. The highest BCUT2D eigenvalue weighted by Crippen LogP contribution is 2.26. The molecule has 2 rings (SSSR count). The van der Waals surface area contributed by atoms with Crippen molar-refractivity contribution in [3.05, 3.63) is 20.8 Å². The van der Waals surface area contributed by atoms with Gasteiger partial charge in [-0.25, -0.2) is 4.79 Å². The number of H-pyrrole nitrogens is 1. The number of unbranched alkanes of at least 4 members (excludes halogenated alkanes) is 1. The van der Waals surface area contributed by atoms with Crippen LogP contribution in [0.5, 0.6) is 0 Å². The molecule has 25 heavy (non-hydrogen) atoms. The molecule has 0 saturated heterocycles. The Morgan fingerprint density at radius 1 is 1.32 bits per heavy atom. The Bertz CT molecular complexity index is 667. The van der Waals surface area contributed by atoms with Crippen LogP contribution in [0.1, 0.15) is 52.4 Å². The van der Waals surface area contributed by atoms with Crippen LogP contribution in [-0.2, 0) is 11.3 Å². The Hall–Kier alpha value is -1.76. The topological polar surface area (TPSA) is 93.3 Å². The summed E-state index contributed by atoms with van der Waals surface area (Å²) in [5, 5.41) is 0. The molecule has 0 radical (unpaired) electrons. The lowest BCUT2D eigenvalue weighted by Gasteiger charge is -2.30. The van der Waals surface area contributed by atoms with E-state index < -0.39 is 11.2 Å². The van der Waals surface area contributed by atoms with Gasteiger partial charge in [0.2, 0.25) is 0 Å². The first-order valence-electron chi connectivity index (χ1n) is 9.41. The number of nitrogen functional groups attached to an aromatic ring is 1. The number of anilines is 2. The third-order valence-electron chi connectivity index (χ3n) is 5.12. The van der Waals surface area contributed by atoms with Crippen LogP contribution in [0.25, 0.3) is 0 Å². The lowest BCUT2D eigenvalue weighted by atomic mass is 9.88. The average molecular weight is 352 g/mol. The maximum atomic E-state index is 12.2. The number of nitrogens with two attached hydrogens (primary N) is 1. The van der Waals surface area contributed by atoms with Crippen molar-refractivity contribution in [3.8, 4) is 0 Å². The number of likely N-dealkylation sites (N-methyl/N-ethyl adjacent to an activating group) is 1. The Morgan fingerprint density at radius 3 is 2.72 bits per heavy atom. The second-order valence-electron chi connectivity index (χ2n) is 7.09. The van der Waals surface area contributed by atoms with Crippen LogP contribution in [0.15, 0.2) is 9.59 Å². The number of aromatic amines is 1. The van der Waals surface area contributed by atoms with Gasteiger partial charge in [-0.05, 0) is 25.2 Å². The van der Waals surface area contributed by atoms with E-state index in [9.17, 15) is 9.59 Å². The zero-order valence-corrected chi connectivity index (χ0v) is 15.7.